The lowest BCUT2D eigenvalue weighted by Crippen LogP contribution is -2.32. The molecule has 0 aliphatic rings. The standard InChI is InChI=1S/C16H16Cl3N/c17-10-13(9-12-5-2-1-3-6-12)20-11-14-15(18)7-4-8-16(14)19/h1-8,13,20H,9-11H2. The summed E-state index contributed by atoms with van der Waals surface area (Å²) in [4.78, 5) is 0. The predicted octanol–water partition coefficient (Wildman–Crippen LogP) is 4.93. The molecule has 1 N–H and O–H groups in total. The van der Waals surface area contributed by atoms with Gasteiger partial charge in [0.05, 0.1) is 0 Å². The van der Waals surface area contributed by atoms with Gasteiger partial charge in [0.15, 0.2) is 0 Å². The van der Waals surface area contributed by atoms with E-state index in [9.17, 15) is 0 Å². The highest BCUT2D eigenvalue weighted by atomic mass is 35.5. The van der Waals surface area contributed by atoms with Gasteiger partial charge in [0.2, 0.25) is 0 Å². The summed E-state index contributed by atoms with van der Waals surface area (Å²) in [5.74, 6) is 0.539. The molecular weight excluding hydrogens is 313 g/mol. The quantitative estimate of drug-likeness (QED) is 0.741. The molecule has 0 fully saturated rings. The van der Waals surface area contributed by atoms with Crippen LogP contribution in [0.4, 0.5) is 0 Å². The second-order valence-corrected chi connectivity index (χ2v) is 5.75. The van der Waals surface area contributed by atoms with Gasteiger partial charge in [-0.3, -0.25) is 0 Å². The fraction of sp³-hybridized carbons (Fsp3) is 0.250. The molecule has 0 saturated carbocycles. The van der Waals surface area contributed by atoms with Crippen LogP contribution in [0.25, 0.3) is 0 Å². The van der Waals surface area contributed by atoms with Crippen molar-refractivity contribution in [3.05, 3.63) is 69.7 Å². The van der Waals surface area contributed by atoms with Gasteiger partial charge < -0.3 is 5.32 Å². The molecule has 0 aliphatic heterocycles. The minimum absolute atomic E-state index is 0.186. The molecule has 0 radical (unpaired) electrons. The number of rotatable bonds is 6. The van der Waals surface area contributed by atoms with Crippen molar-refractivity contribution < 1.29 is 0 Å². The van der Waals surface area contributed by atoms with E-state index >= 15 is 0 Å². The first-order valence-corrected chi connectivity index (χ1v) is 7.76. The average molecular weight is 329 g/mol. The lowest BCUT2D eigenvalue weighted by atomic mass is 10.1. The Bertz CT molecular complexity index is 522. The van der Waals surface area contributed by atoms with Gasteiger partial charge in [-0.15, -0.1) is 11.6 Å². The fourth-order valence-electron chi connectivity index (χ4n) is 2.03. The number of alkyl halides is 1. The van der Waals surface area contributed by atoms with Crippen molar-refractivity contribution in [3.8, 4) is 0 Å². The van der Waals surface area contributed by atoms with E-state index in [0.29, 0.717) is 22.5 Å². The summed E-state index contributed by atoms with van der Waals surface area (Å²) in [6.45, 7) is 0.614. The number of hydrogen-bond acceptors (Lipinski definition) is 1. The van der Waals surface area contributed by atoms with Crippen LogP contribution in [-0.4, -0.2) is 11.9 Å². The Morgan fingerprint density at radius 1 is 0.900 bits per heavy atom. The third-order valence-corrected chi connectivity index (χ3v) is 4.22. The Morgan fingerprint density at radius 3 is 2.15 bits per heavy atom. The van der Waals surface area contributed by atoms with Crippen LogP contribution < -0.4 is 5.32 Å². The predicted molar refractivity (Wildman–Crippen MR) is 88.0 cm³/mol. The van der Waals surface area contributed by atoms with Crippen LogP contribution in [0.15, 0.2) is 48.5 Å². The summed E-state index contributed by atoms with van der Waals surface area (Å²) >= 11 is 18.4. The highest BCUT2D eigenvalue weighted by molar-refractivity contribution is 6.35. The molecular formula is C16H16Cl3N. The van der Waals surface area contributed by atoms with E-state index in [1.165, 1.54) is 5.56 Å². The molecule has 0 aliphatic carbocycles. The van der Waals surface area contributed by atoms with Crippen molar-refractivity contribution in [2.24, 2.45) is 0 Å². The van der Waals surface area contributed by atoms with E-state index in [-0.39, 0.29) is 6.04 Å². The second-order valence-electron chi connectivity index (χ2n) is 4.62. The lowest BCUT2D eigenvalue weighted by molar-refractivity contribution is 0.550. The van der Waals surface area contributed by atoms with Gasteiger partial charge in [-0.05, 0) is 24.1 Å². The van der Waals surface area contributed by atoms with Crippen LogP contribution in [0.2, 0.25) is 10.0 Å². The minimum Gasteiger partial charge on any atom is -0.308 e. The van der Waals surface area contributed by atoms with Crippen molar-refractivity contribution in [2.75, 3.05) is 5.88 Å². The lowest BCUT2D eigenvalue weighted by Gasteiger charge is -2.17. The van der Waals surface area contributed by atoms with Gasteiger partial charge in [-0.1, -0.05) is 59.6 Å². The molecule has 0 aromatic heterocycles. The molecule has 1 unspecified atom stereocenters. The largest absolute Gasteiger partial charge is 0.308 e. The summed E-state index contributed by atoms with van der Waals surface area (Å²) in [5.41, 5.74) is 2.18. The Kier molecular flexibility index (Phi) is 6.18. The number of halogens is 3. The highest BCUT2D eigenvalue weighted by Gasteiger charge is 2.11. The molecule has 0 bridgehead atoms. The SMILES string of the molecule is ClCC(Cc1ccccc1)NCc1c(Cl)cccc1Cl. The van der Waals surface area contributed by atoms with Crippen molar-refractivity contribution in [1.29, 1.82) is 0 Å². The van der Waals surface area contributed by atoms with Crippen LogP contribution in [0, 0.1) is 0 Å². The van der Waals surface area contributed by atoms with Crippen LogP contribution in [-0.2, 0) is 13.0 Å². The van der Waals surface area contributed by atoms with Gasteiger partial charge in [0, 0.05) is 34.1 Å². The van der Waals surface area contributed by atoms with Crippen LogP contribution in [0.3, 0.4) is 0 Å². The first kappa shape index (κ1) is 15.7. The van der Waals surface area contributed by atoms with Gasteiger partial charge in [0.25, 0.3) is 0 Å². The smallest absolute Gasteiger partial charge is 0.0465 e. The van der Waals surface area contributed by atoms with E-state index in [2.05, 4.69) is 17.4 Å². The Balaban J connectivity index is 1.97. The summed E-state index contributed by atoms with van der Waals surface area (Å²) in [6, 6.07) is 16.0. The van der Waals surface area contributed by atoms with E-state index in [0.717, 1.165) is 12.0 Å². The van der Waals surface area contributed by atoms with Gasteiger partial charge >= 0.3 is 0 Å². The maximum Gasteiger partial charge on any atom is 0.0465 e. The zero-order valence-corrected chi connectivity index (χ0v) is 13.2. The molecule has 2 aromatic rings. The molecule has 0 amide bonds. The van der Waals surface area contributed by atoms with Crippen LogP contribution >= 0.6 is 34.8 Å². The maximum atomic E-state index is 6.16. The molecule has 2 rings (SSSR count). The van der Waals surface area contributed by atoms with Gasteiger partial charge in [0.1, 0.15) is 0 Å². The molecule has 1 atom stereocenters. The van der Waals surface area contributed by atoms with Gasteiger partial charge in [-0.25, -0.2) is 0 Å². The summed E-state index contributed by atoms with van der Waals surface area (Å²) in [6.07, 6.45) is 0.881. The second kappa shape index (κ2) is 7.90. The van der Waals surface area contributed by atoms with E-state index in [1.807, 2.05) is 36.4 Å². The minimum atomic E-state index is 0.186. The highest BCUT2D eigenvalue weighted by Crippen LogP contribution is 2.24. The molecule has 2 aromatic carbocycles. The molecule has 20 heavy (non-hydrogen) atoms. The Hall–Kier alpha value is -0.730. The average Bonchev–Trinajstić information content (AvgIpc) is 2.46. The van der Waals surface area contributed by atoms with Crippen molar-refractivity contribution in [1.82, 2.24) is 5.32 Å². The number of hydrogen-bond donors (Lipinski definition) is 1. The zero-order valence-electron chi connectivity index (χ0n) is 11.0. The fourth-order valence-corrected chi connectivity index (χ4v) is 2.78. The third-order valence-electron chi connectivity index (χ3n) is 3.14. The molecule has 0 saturated heterocycles. The van der Waals surface area contributed by atoms with Crippen molar-refractivity contribution in [3.63, 3.8) is 0 Å². The Labute approximate surface area is 134 Å². The van der Waals surface area contributed by atoms with Crippen LogP contribution in [0.1, 0.15) is 11.1 Å². The zero-order chi connectivity index (χ0) is 14.4. The monoisotopic (exact) mass is 327 g/mol. The molecule has 4 heteroatoms. The van der Waals surface area contributed by atoms with E-state index < -0.39 is 0 Å². The summed E-state index contributed by atoms with van der Waals surface area (Å²) < 4.78 is 0. The maximum absolute atomic E-state index is 6.16. The molecule has 0 heterocycles. The van der Waals surface area contributed by atoms with Crippen LogP contribution in [0.5, 0.6) is 0 Å². The normalized spacial score (nSPS) is 12.3. The molecule has 1 nitrogen and oxygen atoms in total. The number of nitrogens with one attached hydrogen (secondary N) is 1. The molecule has 106 valence electrons. The van der Waals surface area contributed by atoms with Crippen molar-refractivity contribution >= 4 is 34.8 Å². The van der Waals surface area contributed by atoms with Gasteiger partial charge in [-0.2, -0.15) is 0 Å². The Morgan fingerprint density at radius 2 is 1.55 bits per heavy atom. The number of benzene rings is 2. The first-order chi connectivity index (χ1) is 9.70. The first-order valence-electron chi connectivity index (χ1n) is 6.47. The molecule has 0 spiro atoms. The van der Waals surface area contributed by atoms with Crippen molar-refractivity contribution in [2.45, 2.75) is 19.0 Å². The third kappa shape index (κ3) is 4.39. The van der Waals surface area contributed by atoms with E-state index in [4.69, 9.17) is 34.8 Å². The van der Waals surface area contributed by atoms with E-state index in [1.54, 1.807) is 0 Å². The summed E-state index contributed by atoms with van der Waals surface area (Å²) in [5, 5.41) is 4.77. The topological polar surface area (TPSA) is 12.0 Å². The summed E-state index contributed by atoms with van der Waals surface area (Å²) in [7, 11) is 0.